The molecule has 0 radical (unpaired) electrons. The van der Waals surface area contributed by atoms with Crippen LogP contribution < -0.4 is 5.56 Å². The monoisotopic (exact) mass is 295 g/mol. The van der Waals surface area contributed by atoms with Crippen LogP contribution in [0.2, 0.25) is 0 Å². The molecule has 1 N–H and O–H groups in total. The third kappa shape index (κ3) is 1.95. The molecule has 0 atom stereocenters. The molecule has 0 fully saturated rings. The summed E-state index contributed by atoms with van der Waals surface area (Å²) in [6.45, 7) is 1.89. The second-order valence-electron chi connectivity index (χ2n) is 5.02. The minimum atomic E-state index is -0.887. The third-order valence-corrected chi connectivity index (χ3v) is 3.44. The fourth-order valence-electron chi connectivity index (χ4n) is 2.44. The molecule has 0 saturated heterocycles. The first kappa shape index (κ1) is 12.6. The highest BCUT2D eigenvalue weighted by Crippen LogP contribution is 2.21. The Morgan fingerprint density at radius 2 is 2.05 bits per heavy atom. The van der Waals surface area contributed by atoms with Crippen LogP contribution in [0.1, 0.15) is 5.69 Å². The summed E-state index contributed by atoms with van der Waals surface area (Å²) in [7, 11) is 0. The minimum absolute atomic E-state index is 0.317. The molecular weight excluding hydrogens is 285 g/mol. The van der Waals surface area contributed by atoms with E-state index in [-0.39, 0.29) is 0 Å². The van der Waals surface area contributed by atoms with E-state index in [2.05, 4.69) is 19.9 Å². The molecule has 3 heterocycles. The summed E-state index contributed by atoms with van der Waals surface area (Å²) >= 11 is 0. The molecule has 4 aromatic rings. The van der Waals surface area contributed by atoms with Gasteiger partial charge in [0.2, 0.25) is 5.78 Å². The Morgan fingerprint density at radius 3 is 2.91 bits per heavy atom. The highest BCUT2D eigenvalue weighted by Gasteiger charge is 2.07. The maximum atomic E-state index is 13.1. The summed E-state index contributed by atoms with van der Waals surface area (Å²) in [4.78, 5) is 26.1. The number of aromatic amines is 1. The van der Waals surface area contributed by atoms with Gasteiger partial charge in [0.15, 0.2) is 0 Å². The molecule has 0 amide bonds. The van der Waals surface area contributed by atoms with Gasteiger partial charge in [-0.05, 0) is 24.6 Å². The average molecular weight is 295 g/mol. The van der Waals surface area contributed by atoms with Crippen molar-refractivity contribution in [3.63, 3.8) is 0 Å². The van der Waals surface area contributed by atoms with E-state index in [4.69, 9.17) is 0 Å². The van der Waals surface area contributed by atoms with Crippen molar-refractivity contribution < 1.29 is 4.39 Å². The smallest absolute Gasteiger partial charge is 0.289 e. The molecule has 0 aliphatic heterocycles. The van der Waals surface area contributed by atoms with Crippen LogP contribution in [0.25, 0.3) is 27.8 Å². The summed E-state index contributed by atoms with van der Waals surface area (Å²) in [6.07, 6.45) is 4.56. The minimum Gasteiger partial charge on any atom is -0.290 e. The first-order valence-corrected chi connectivity index (χ1v) is 6.61. The van der Waals surface area contributed by atoms with Gasteiger partial charge in [0.05, 0.1) is 16.6 Å². The Hall–Kier alpha value is -3.09. The molecule has 4 rings (SSSR count). The van der Waals surface area contributed by atoms with E-state index < -0.39 is 11.6 Å². The van der Waals surface area contributed by atoms with Gasteiger partial charge in [-0.2, -0.15) is 4.39 Å². The maximum Gasteiger partial charge on any atom is 0.289 e. The second kappa shape index (κ2) is 4.45. The molecule has 7 heteroatoms. The zero-order valence-electron chi connectivity index (χ0n) is 11.5. The van der Waals surface area contributed by atoms with E-state index in [1.165, 1.54) is 0 Å². The molecule has 0 saturated carbocycles. The zero-order valence-corrected chi connectivity index (χ0v) is 11.5. The van der Waals surface area contributed by atoms with Crippen LogP contribution in [0.4, 0.5) is 4.39 Å². The number of hydrogen-bond donors (Lipinski definition) is 1. The number of imidazole rings is 1. The number of nitrogens with zero attached hydrogens (tertiary/aromatic N) is 4. The zero-order chi connectivity index (χ0) is 15.3. The molecule has 1 aromatic carbocycles. The maximum absolute atomic E-state index is 13.1. The Labute approximate surface area is 123 Å². The van der Waals surface area contributed by atoms with Gasteiger partial charge in [-0.25, -0.2) is 15.0 Å². The Bertz CT molecular complexity index is 1080. The average Bonchev–Trinajstić information content (AvgIpc) is 2.86. The van der Waals surface area contributed by atoms with Gasteiger partial charge in [0.25, 0.3) is 11.6 Å². The number of halogens is 1. The lowest BCUT2D eigenvalue weighted by atomic mass is 10.1. The normalized spacial score (nSPS) is 11.4. The summed E-state index contributed by atoms with van der Waals surface area (Å²) in [5, 5.41) is 0.334. The lowest BCUT2D eigenvalue weighted by Gasteiger charge is -2.04. The highest BCUT2D eigenvalue weighted by molar-refractivity contribution is 5.83. The number of aryl methyl sites for hydroxylation is 1. The number of benzene rings is 1. The van der Waals surface area contributed by atoms with E-state index in [9.17, 15) is 9.18 Å². The third-order valence-electron chi connectivity index (χ3n) is 3.44. The van der Waals surface area contributed by atoms with Crippen LogP contribution in [0.15, 0.2) is 41.6 Å². The summed E-state index contributed by atoms with van der Waals surface area (Å²) in [5.41, 5.74) is 2.32. The largest absolute Gasteiger partial charge is 0.290 e. The van der Waals surface area contributed by atoms with Gasteiger partial charge in [-0.3, -0.25) is 14.2 Å². The van der Waals surface area contributed by atoms with Crippen LogP contribution in [-0.4, -0.2) is 24.3 Å². The molecule has 6 nitrogen and oxygen atoms in total. The lowest BCUT2D eigenvalue weighted by Crippen LogP contribution is -2.10. The SMILES string of the molecule is Cc1cn2cc(-c3ccc4nc(F)[nH]c(=O)c4c3)cnc2n1. The van der Waals surface area contributed by atoms with Crippen molar-refractivity contribution in [1.82, 2.24) is 24.3 Å². The first-order valence-electron chi connectivity index (χ1n) is 6.61. The molecule has 0 unspecified atom stereocenters. The number of H-pyrrole nitrogens is 1. The fourth-order valence-corrected chi connectivity index (χ4v) is 2.44. The number of rotatable bonds is 1. The van der Waals surface area contributed by atoms with Crippen molar-refractivity contribution in [2.75, 3.05) is 0 Å². The summed E-state index contributed by atoms with van der Waals surface area (Å²) < 4.78 is 14.9. The number of fused-ring (bicyclic) bond motifs is 2. The second-order valence-corrected chi connectivity index (χ2v) is 5.02. The van der Waals surface area contributed by atoms with Crippen molar-refractivity contribution in [3.8, 4) is 11.1 Å². The van der Waals surface area contributed by atoms with Crippen molar-refractivity contribution in [1.29, 1.82) is 0 Å². The first-order chi connectivity index (χ1) is 10.6. The Kier molecular flexibility index (Phi) is 2.56. The topological polar surface area (TPSA) is 75.9 Å². The predicted octanol–water partition coefficient (Wildman–Crippen LogP) is 2.08. The summed E-state index contributed by atoms with van der Waals surface area (Å²) in [6, 6.07) is 5.07. The standard InChI is InChI=1S/C15H10FN5O/c1-8-6-21-7-10(5-17-15(21)18-8)9-2-3-12-11(4-9)13(22)20-14(16)19-12/h2-7H,1H3,(H,19,20,22). The lowest BCUT2D eigenvalue weighted by molar-refractivity contribution is 0.541. The molecule has 0 aliphatic rings. The molecule has 22 heavy (non-hydrogen) atoms. The van der Waals surface area contributed by atoms with Gasteiger partial charge in [-0.1, -0.05) is 6.07 Å². The molecule has 0 bridgehead atoms. The van der Waals surface area contributed by atoms with Gasteiger partial charge in [-0.15, -0.1) is 0 Å². The number of aromatic nitrogens is 5. The van der Waals surface area contributed by atoms with Crippen LogP contribution >= 0.6 is 0 Å². The van der Waals surface area contributed by atoms with Gasteiger partial charge < -0.3 is 0 Å². The van der Waals surface area contributed by atoms with E-state index in [1.54, 1.807) is 24.4 Å². The van der Waals surface area contributed by atoms with E-state index >= 15 is 0 Å². The van der Waals surface area contributed by atoms with Crippen LogP contribution in [0.3, 0.4) is 0 Å². The highest BCUT2D eigenvalue weighted by atomic mass is 19.1. The Morgan fingerprint density at radius 1 is 1.18 bits per heavy atom. The predicted molar refractivity (Wildman–Crippen MR) is 79.0 cm³/mol. The van der Waals surface area contributed by atoms with E-state index in [1.807, 2.05) is 23.7 Å². The number of nitrogens with one attached hydrogen (secondary N) is 1. The molecular formula is C15H10FN5O. The van der Waals surface area contributed by atoms with Crippen molar-refractivity contribution >= 4 is 16.7 Å². The van der Waals surface area contributed by atoms with Crippen LogP contribution in [0.5, 0.6) is 0 Å². The quantitative estimate of drug-likeness (QED) is 0.545. The van der Waals surface area contributed by atoms with E-state index in [0.717, 1.165) is 16.8 Å². The molecule has 0 spiro atoms. The number of hydrogen-bond acceptors (Lipinski definition) is 4. The van der Waals surface area contributed by atoms with Crippen molar-refractivity contribution in [2.45, 2.75) is 6.92 Å². The van der Waals surface area contributed by atoms with Crippen LogP contribution in [-0.2, 0) is 0 Å². The van der Waals surface area contributed by atoms with Gasteiger partial charge in [0.1, 0.15) is 0 Å². The summed E-state index contributed by atoms with van der Waals surface area (Å²) in [5.74, 6) is 0.614. The van der Waals surface area contributed by atoms with Gasteiger partial charge in [0, 0.05) is 24.2 Å². The molecule has 3 aromatic heterocycles. The van der Waals surface area contributed by atoms with Crippen LogP contribution in [0, 0.1) is 13.0 Å². The van der Waals surface area contributed by atoms with Crippen molar-refractivity contribution in [2.24, 2.45) is 0 Å². The van der Waals surface area contributed by atoms with Gasteiger partial charge >= 0.3 is 0 Å². The molecule has 108 valence electrons. The fraction of sp³-hybridized carbons (Fsp3) is 0.0667. The Balaban J connectivity index is 1.93. The molecule has 0 aliphatic carbocycles. The van der Waals surface area contributed by atoms with Crippen molar-refractivity contribution in [3.05, 3.63) is 58.9 Å². The van der Waals surface area contributed by atoms with E-state index in [0.29, 0.717) is 16.7 Å².